The molecular weight excluding hydrogens is 160 g/mol. The minimum atomic E-state index is 0.200. The van der Waals surface area contributed by atoms with Gasteiger partial charge < -0.3 is 0 Å². The van der Waals surface area contributed by atoms with Gasteiger partial charge in [0.05, 0.1) is 0 Å². The van der Waals surface area contributed by atoms with E-state index in [0.717, 1.165) is 12.0 Å². The van der Waals surface area contributed by atoms with Gasteiger partial charge in [0.15, 0.2) is 5.78 Å². The molecule has 1 heteroatoms. The highest BCUT2D eigenvalue weighted by Gasteiger charge is 2.10. The Morgan fingerprint density at radius 3 is 2.69 bits per heavy atom. The number of carbonyl (C=O) groups excluding carboxylic acids is 1. The third-order valence-corrected chi connectivity index (χ3v) is 2.72. The van der Waals surface area contributed by atoms with E-state index < -0.39 is 0 Å². The average Bonchev–Trinajstić information content (AvgIpc) is 2.08. The molecule has 1 atom stereocenters. The van der Waals surface area contributed by atoms with E-state index in [1.54, 1.807) is 6.92 Å². The summed E-state index contributed by atoms with van der Waals surface area (Å²) in [5.74, 6) is 0.791. The van der Waals surface area contributed by atoms with Gasteiger partial charge in [-0.15, -0.1) is 0 Å². The summed E-state index contributed by atoms with van der Waals surface area (Å²) in [4.78, 5) is 11.0. The van der Waals surface area contributed by atoms with Gasteiger partial charge >= 0.3 is 0 Å². The van der Waals surface area contributed by atoms with Crippen LogP contribution in [0.15, 0.2) is 23.3 Å². The highest BCUT2D eigenvalue weighted by atomic mass is 16.1. The van der Waals surface area contributed by atoms with Crippen LogP contribution in [0.4, 0.5) is 0 Å². The fourth-order valence-electron chi connectivity index (χ4n) is 1.61. The Kier molecular flexibility index (Phi) is 3.47. The molecule has 0 spiro atoms. The van der Waals surface area contributed by atoms with Crippen molar-refractivity contribution < 1.29 is 4.79 Å². The zero-order chi connectivity index (χ0) is 9.84. The maximum atomic E-state index is 11.0. The maximum Gasteiger partial charge on any atom is 0.155 e. The second-order valence-corrected chi connectivity index (χ2v) is 3.99. The zero-order valence-corrected chi connectivity index (χ0v) is 8.76. The molecule has 0 aromatic carbocycles. The SMILES string of the molecule is CC(=O)C(C)=CC1CC=C(C)CC1. The normalized spacial score (nSPS) is 24.1. The van der Waals surface area contributed by atoms with Gasteiger partial charge in [-0.1, -0.05) is 17.7 Å². The lowest BCUT2D eigenvalue weighted by molar-refractivity contribution is -0.113. The number of Topliss-reactive ketones (excluding diaryl/α,β-unsaturated/α-hetero) is 1. The molecule has 1 aliphatic rings. The molecule has 0 bridgehead atoms. The van der Waals surface area contributed by atoms with Gasteiger partial charge in [0.25, 0.3) is 0 Å². The minimum absolute atomic E-state index is 0.200. The number of ketones is 1. The van der Waals surface area contributed by atoms with E-state index in [1.165, 1.54) is 18.4 Å². The van der Waals surface area contributed by atoms with Crippen molar-refractivity contribution in [1.82, 2.24) is 0 Å². The molecular formula is C12H18O. The van der Waals surface area contributed by atoms with Crippen molar-refractivity contribution in [2.24, 2.45) is 5.92 Å². The first-order chi connectivity index (χ1) is 6.09. The van der Waals surface area contributed by atoms with E-state index in [-0.39, 0.29) is 5.78 Å². The van der Waals surface area contributed by atoms with Gasteiger partial charge in [-0.25, -0.2) is 0 Å². The van der Waals surface area contributed by atoms with Crippen LogP contribution in [0, 0.1) is 5.92 Å². The molecule has 1 rings (SSSR count). The fourth-order valence-corrected chi connectivity index (χ4v) is 1.61. The summed E-state index contributed by atoms with van der Waals surface area (Å²) in [5.41, 5.74) is 2.41. The van der Waals surface area contributed by atoms with E-state index in [0.29, 0.717) is 5.92 Å². The third kappa shape index (κ3) is 3.17. The van der Waals surface area contributed by atoms with E-state index in [9.17, 15) is 4.79 Å². The van der Waals surface area contributed by atoms with Crippen molar-refractivity contribution in [3.8, 4) is 0 Å². The first kappa shape index (κ1) is 10.2. The lowest BCUT2D eigenvalue weighted by atomic mass is 9.88. The predicted octanol–water partition coefficient (Wildman–Crippen LogP) is 3.27. The zero-order valence-electron chi connectivity index (χ0n) is 8.76. The Morgan fingerprint density at radius 2 is 2.23 bits per heavy atom. The van der Waals surface area contributed by atoms with Crippen LogP contribution in [0.1, 0.15) is 40.0 Å². The van der Waals surface area contributed by atoms with E-state index in [2.05, 4.69) is 19.1 Å². The summed E-state index contributed by atoms with van der Waals surface area (Å²) in [7, 11) is 0. The maximum absolute atomic E-state index is 11.0. The Bertz CT molecular complexity index is 258. The van der Waals surface area contributed by atoms with Crippen LogP contribution < -0.4 is 0 Å². The van der Waals surface area contributed by atoms with Crippen LogP contribution in [0.2, 0.25) is 0 Å². The van der Waals surface area contributed by atoms with Crippen LogP contribution >= 0.6 is 0 Å². The minimum Gasteiger partial charge on any atom is -0.295 e. The number of hydrogen-bond donors (Lipinski definition) is 0. The highest BCUT2D eigenvalue weighted by molar-refractivity contribution is 5.92. The lowest BCUT2D eigenvalue weighted by Crippen LogP contribution is -2.04. The Morgan fingerprint density at radius 1 is 1.54 bits per heavy atom. The number of rotatable bonds is 2. The van der Waals surface area contributed by atoms with E-state index >= 15 is 0 Å². The van der Waals surface area contributed by atoms with Gasteiger partial charge in [0.1, 0.15) is 0 Å². The Labute approximate surface area is 80.5 Å². The molecule has 0 N–H and O–H groups in total. The summed E-state index contributed by atoms with van der Waals surface area (Å²) in [5, 5.41) is 0. The second kappa shape index (κ2) is 4.40. The quantitative estimate of drug-likeness (QED) is 0.468. The molecule has 0 radical (unpaired) electrons. The molecule has 0 aromatic heterocycles. The Hall–Kier alpha value is -0.850. The van der Waals surface area contributed by atoms with E-state index in [4.69, 9.17) is 0 Å². The standard InChI is InChI=1S/C12H18O/c1-9-4-6-12(7-5-9)8-10(2)11(3)13/h4,8,12H,5-7H2,1-3H3. The third-order valence-electron chi connectivity index (χ3n) is 2.72. The smallest absolute Gasteiger partial charge is 0.155 e. The van der Waals surface area contributed by atoms with Gasteiger partial charge in [0, 0.05) is 0 Å². The van der Waals surface area contributed by atoms with Gasteiger partial charge in [-0.2, -0.15) is 0 Å². The summed E-state index contributed by atoms with van der Waals surface area (Å²) in [6.45, 7) is 5.72. The number of carbonyl (C=O) groups is 1. The monoisotopic (exact) mass is 178 g/mol. The van der Waals surface area contributed by atoms with Crippen LogP contribution in [-0.4, -0.2) is 5.78 Å². The van der Waals surface area contributed by atoms with Crippen LogP contribution in [0.3, 0.4) is 0 Å². The topological polar surface area (TPSA) is 17.1 Å². The molecule has 0 heterocycles. The fraction of sp³-hybridized carbons (Fsp3) is 0.583. The summed E-state index contributed by atoms with van der Waals surface area (Å²) < 4.78 is 0. The van der Waals surface area contributed by atoms with Gasteiger partial charge in [-0.05, 0) is 51.5 Å². The van der Waals surface area contributed by atoms with Crippen molar-refractivity contribution in [3.05, 3.63) is 23.3 Å². The summed E-state index contributed by atoms with van der Waals surface area (Å²) >= 11 is 0. The van der Waals surface area contributed by atoms with Crippen molar-refractivity contribution in [2.45, 2.75) is 40.0 Å². The molecule has 1 aliphatic carbocycles. The molecule has 0 aromatic rings. The molecule has 0 saturated heterocycles. The molecule has 1 unspecified atom stereocenters. The van der Waals surface area contributed by atoms with Crippen LogP contribution in [0.25, 0.3) is 0 Å². The van der Waals surface area contributed by atoms with Gasteiger partial charge in [-0.3, -0.25) is 4.79 Å². The van der Waals surface area contributed by atoms with Crippen LogP contribution in [-0.2, 0) is 4.79 Å². The van der Waals surface area contributed by atoms with Crippen molar-refractivity contribution >= 4 is 5.78 Å². The average molecular weight is 178 g/mol. The first-order valence-corrected chi connectivity index (χ1v) is 4.94. The lowest BCUT2D eigenvalue weighted by Gasteiger charge is -2.17. The number of hydrogen-bond acceptors (Lipinski definition) is 1. The molecule has 1 nitrogen and oxygen atoms in total. The Balaban J connectivity index is 2.57. The summed E-state index contributed by atoms with van der Waals surface area (Å²) in [6.07, 6.45) is 7.92. The van der Waals surface area contributed by atoms with Crippen LogP contribution in [0.5, 0.6) is 0 Å². The number of allylic oxidation sites excluding steroid dienone is 4. The predicted molar refractivity (Wildman–Crippen MR) is 55.5 cm³/mol. The molecule has 0 amide bonds. The molecule has 72 valence electrons. The molecule has 0 aliphatic heterocycles. The largest absolute Gasteiger partial charge is 0.295 e. The first-order valence-electron chi connectivity index (χ1n) is 4.94. The second-order valence-electron chi connectivity index (χ2n) is 3.99. The van der Waals surface area contributed by atoms with Crippen molar-refractivity contribution in [2.75, 3.05) is 0 Å². The van der Waals surface area contributed by atoms with Crippen molar-refractivity contribution in [1.29, 1.82) is 0 Å². The van der Waals surface area contributed by atoms with Gasteiger partial charge in [0.2, 0.25) is 0 Å². The molecule has 0 saturated carbocycles. The highest BCUT2D eigenvalue weighted by Crippen LogP contribution is 2.24. The molecule has 0 fully saturated rings. The molecule has 13 heavy (non-hydrogen) atoms. The van der Waals surface area contributed by atoms with E-state index in [1.807, 2.05) is 6.92 Å². The van der Waals surface area contributed by atoms with Crippen molar-refractivity contribution in [3.63, 3.8) is 0 Å². The summed E-state index contributed by atoms with van der Waals surface area (Å²) in [6, 6.07) is 0.